The number of nitrogens with zero attached hydrogens (tertiary/aromatic N) is 2. The average Bonchev–Trinajstić information content (AvgIpc) is 2.36. The highest BCUT2D eigenvalue weighted by molar-refractivity contribution is 5.75. The van der Waals surface area contributed by atoms with Crippen LogP contribution >= 0.6 is 0 Å². The molecule has 0 fully saturated rings. The fourth-order valence-electron chi connectivity index (χ4n) is 2.39. The maximum Gasteiger partial charge on any atom is 0.320 e. The molecule has 2 amide bonds. The monoisotopic (exact) mass is 233 g/mol. The predicted molar refractivity (Wildman–Crippen MR) is 67.7 cm³/mol. The molecule has 1 atom stereocenters. The van der Waals surface area contributed by atoms with Gasteiger partial charge in [-0.3, -0.25) is 0 Å². The molecule has 1 unspecified atom stereocenters. The van der Waals surface area contributed by atoms with Gasteiger partial charge in [-0.15, -0.1) is 0 Å². The number of carbonyl (C=O) groups is 1. The molecule has 0 spiro atoms. The Labute approximate surface area is 102 Å². The molecule has 0 radical (unpaired) electrons. The second-order valence-electron chi connectivity index (χ2n) is 4.57. The lowest BCUT2D eigenvalue weighted by Gasteiger charge is -2.38. The molecule has 4 heteroatoms. The van der Waals surface area contributed by atoms with E-state index in [2.05, 4.69) is 12.1 Å². The van der Waals surface area contributed by atoms with Gasteiger partial charge in [-0.2, -0.15) is 0 Å². The van der Waals surface area contributed by atoms with Gasteiger partial charge < -0.3 is 15.5 Å². The van der Waals surface area contributed by atoms with E-state index in [1.807, 2.05) is 17.0 Å². The molecule has 1 aliphatic rings. The van der Waals surface area contributed by atoms with E-state index in [1.54, 1.807) is 19.0 Å². The van der Waals surface area contributed by atoms with Crippen LogP contribution in [0, 0.1) is 0 Å². The van der Waals surface area contributed by atoms with Gasteiger partial charge in [0.1, 0.15) is 0 Å². The van der Waals surface area contributed by atoms with Crippen LogP contribution in [0.1, 0.15) is 17.2 Å². The minimum atomic E-state index is 0.00912. The number of fused-ring (bicyclic) bond motifs is 1. The highest BCUT2D eigenvalue weighted by Gasteiger charge is 2.30. The number of amides is 2. The number of carbonyl (C=O) groups excluding carboxylic acids is 1. The van der Waals surface area contributed by atoms with Gasteiger partial charge >= 0.3 is 6.03 Å². The topological polar surface area (TPSA) is 49.6 Å². The standard InChI is InChI=1S/C13H19N3O/c1-15(2)13(17)16-8-7-10-5-3-4-6-11(10)12(16)9-14/h3-6,12H,7-9,14H2,1-2H3. The van der Waals surface area contributed by atoms with Crippen LogP contribution in [0.2, 0.25) is 0 Å². The summed E-state index contributed by atoms with van der Waals surface area (Å²) in [5.41, 5.74) is 8.34. The van der Waals surface area contributed by atoms with Gasteiger partial charge in [-0.25, -0.2) is 4.79 Å². The third-order valence-corrected chi connectivity index (χ3v) is 3.26. The number of benzene rings is 1. The molecule has 0 saturated carbocycles. The SMILES string of the molecule is CN(C)C(=O)N1CCc2ccccc2C1CN. The van der Waals surface area contributed by atoms with Gasteiger partial charge in [0.15, 0.2) is 0 Å². The maximum atomic E-state index is 12.1. The van der Waals surface area contributed by atoms with E-state index < -0.39 is 0 Å². The molecule has 0 bridgehead atoms. The Balaban J connectivity index is 2.32. The molecule has 0 saturated heterocycles. The Hall–Kier alpha value is -1.55. The molecule has 1 aliphatic heterocycles. The first-order chi connectivity index (χ1) is 8.15. The van der Waals surface area contributed by atoms with Gasteiger partial charge in [0.25, 0.3) is 0 Å². The lowest BCUT2D eigenvalue weighted by molar-refractivity contribution is 0.146. The van der Waals surface area contributed by atoms with Crippen molar-refractivity contribution in [1.29, 1.82) is 0 Å². The summed E-state index contributed by atoms with van der Waals surface area (Å²) in [5, 5.41) is 0. The minimum Gasteiger partial charge on any atom is -0.331 e. The first kappa shape index (κ1) is 11.9. The predicted octanol–water partition coefficient (Wildman–Crippen LogP) is 1.23. The van der Waals surface area contributed by atoms with Crippen LogP contribution in [-0.4, -0.2) is 43.0 Å². The molecule has 2 N–H and O–H groups in total. The highest BCUT2D eigenvalue weighted by atomic mass is 16.2. The fraction of sp³-hybridized carbons (Fsp3) is 0.462. The highest BCUT2D eigenvalue weighted by Crippen LogP contribution is 2.29. The molecule has 1 aromatic rings. The van der Waals surface area contributed by atoms with Gasteiger partial charge in [-0.1, -0.05) is 24.3 Å². The molecule has 0 aromatic heterocycles. The Bertz CT molecular complexity index is 417. The van der Waals surface area contributed by atoms with E-state index in [0.29, 0.717) is 6.54 Å². The molecule has 1 heterocycles. The summed E-state index contributed by atoms with van der Waals surface area (Å²) in [6.45, 7) is 1.21. The van der Waals surface area contributed by atoms with E-state index in [1.165, 1.54) is 11.1 Å². The molecular weight excluding hydrogens is 214 g/mol. The summed E-state index contributed by atoms with van der Waals surface area (Å²) in [7, 11) is 3.55. The molecule has 2 rings (SSSR count). The first-order valence-corrected chi connectivity index (χ1v) is 5.91. The van der Waals surface area contributed by atoms with Crippen molar-refractivity contribution in [2.75, 3.05) is 27.2 Å². The van der Waals surface area contributed by atoms with Crippen molar-refractivity contribution in [3.63, 3.8) is 0 Å². The van der Waals surface area contributed by atoms with E-state index in [-0.39, 0.29) is 12.1 Å². The van der Waals surface area contributed by atoms with Gasteiger partial charge in [0, 0.05) is 27.2 Å². The zero-order chi connectivity index (χ0) is 12.4. The lowest BCUT2D eigenvalue weighted by Crippen LogP contribution is -2.47. The van der Waals surface area contributed by atoms with Crippen molar-refractivity contribution in [1.82, 2.24) is 9.80 Å². The smallest absolute Gasteiger partial charge is 0.320 e. The van der Waals surface area contributed by atoms with Gasteiger partial charge in [0.05, 0.1) is 6.04 Å². The molecule has 4 nitrogen and oxygen atoms in total. The molecule has 92 valence electrons. The van der Waals surface area contributed by atoms with Crippen LogP contribution in [0.25, 0.3) is 0 Å². The normalized spacial score (nSPS) is 18.8. The van der Waals surface area contributed by atoms with E-state index in [4.69, 9.17) is 5.73 Å². The van der Waals surface area contributed by atoms with Crippen molar-refractivity contribution in [2.24, 2.45) is 5.73 Å². The second-order valence-corrected chi connectivity index (χ2v) is 4.57. The van der Waals surface area contributed by atoms with Crippen LogP contribution in [0.4, 0.5) is 4.79 Å². The largest absolute Gasteiger partial charge is 0.331 e. The quantitative estimate of drug-likeness (QED) is 0.793. The van der Waals surface area contributed by atoms with Crippen LogP contribution in [-0.2, 0) is 6.42 Å². The van der Waals surface area contributed by atoms with Crippen molar-refractivity contribution in [2.45, 2.75) is 12.5 Å². The van der Waals surface area contributed by atoms with Gasteiger partial charge in [-0.05, 0) is 17.5 Å². The average molecular weight is 233 g/mol. The number of nitrogens with two attached hydrogens (primary N) is 1. The van der Waals surface area contributed by atoms with Crippen LogP contribution in [0.15, 0.2) is 24.3 Å². The molecule has 0 aliphatic carbocycles. The van der Waals surface area contributed by atoms with Crippen molar-refractivity contribution in [3.8, 4) is 0 Å². The number of urea groups is 1. The van der Waals surface area contributed by atoms with E-state index in [0.717, 1.165) is 13.0 Å². The summed E-state index contributed by atoms with van der Waals surface area (Å²) >= 11 is 0. The van der Waals surface area contributed by atoms with Crippen molar-refractivity contribution >= 4 is 6.03 Å². The minimum absolute atomic E-state index is 0.00912. The maximum absolute atomic E-state index is 12.1. The Morgan fingerprint density at radius 1 is 1.47 bits per heavy atom. The molecular formula is C13H19N3O. The zero-order valence-corrected chi connectivity index (χ0v) is 10.4. The fourth-order valence-corrected chi connectivity index (χ4v) is 2.39. The summed E-state index contributed by atoms with van der Waals surface area (Å²) < 4.78 is 0. The van der Waals surface area contributed by atoms with E-state index in [9.17, 15) is 4.79 Å². The Morgan fingerprint density at radius 2 is 2.18 bits per heavy atom. The lowest BCUT2D eigenvalue weighted by atomic mass is 9.93. The third kappa shape index (κ3) is 2.13. The second kappa shape index (κ2) is 4.75. The summed E-state index contributed by atoms with van der Waals surface area (Å²) in [6, 6.07) is 8.28. The Morgan fingerprint density at radius 3 is 2.82 bits per heavy atom. The van der Waals surface area contributed by atoms with Crippen molar-refractivity contribution < 1.29 is 4.79 Å². The summed E-state index contributed by atoms with van der Waals surface area (Å²) in [5.74, 6) is 0. The first-order valence-electron chi connectivity index (χ1n) is 5.91. The van der Waals surface area contributed by atoms with Gasteiger partial charge in [0.2, 0.25) is 0 Å². The zero-order valence-electron chi connectivity index (χ0n) is 10.4. The van der Waals surface area contributed by atoms with Crippen LogP contribution in [0.5, 0.6) is 0 Å². The van der Waals surface area contributed by atoms with Crippen LogP contribution in [0.3, 0.4) is 0 Å². The van der Waals surface area contributed by atoms with E-state index >= 15 is 0 Å². The van der Waals surface area contributed by atoms with Crippen molar-refractivity contribution in [3.05, 3.63) is 35.4 Å². The number of hydrogen-bond donors (Lipinski definition) is 1. The van der Waals surface area contributed by atoms with Crippen LogP contribution < -0.4 is 5.73 Å². The molecule has 17 heavy (non-hydrogen) atoms. The summed E-state index contributed by atoms with van der Waals surface area (Å²) in [6.07, 6.45) is 0.909. The molecule has 1 aromatic carbocycles. The number of hydrogen-bond acceptors (Lipinski definition) is 2. The summed E-state index contributed by atoms with van der Waals surface area (Å²) in [4.78, 5) is 15.5. The third-order valence-electron chi connectivity index (χ3n) is 3.26. The number of rotatable bonds is 1. The Kier molecular flexibility index (Phi) is 3.33.